The van der Waals surface area contributed by atoms with Crippen molar-refractivity contribution in [3.05, 3.63) is 77.8 Å². The Morgan fingerprint density at radius 3 is 2.34 bits per heavy atom. The van der Waals surface area contributed by atoms with Crippen molar-refractivity contribution in [1.82, 2.24) is 14.3 Å². The summed E-state index contributed by atoms with van der Waals surface area (Å²) in [5, 5.41) is 0. The van der Waals surface area contributed by atoms with Gasteiger partial charge >= 0.3 is 6.18 Å². The van der Waals surface area contributed by atoms with Crippen LogP contribution in [0.5, 0.6) is 0 Å². The largest absolute Gasteiger partial charge is 0.433 e. The molecule has 6 nitrogen and oxygen atoms in total. The highest BCUT2D eigenvalue weighted by Crippen LogP contribution is 2.34. The van der Waals surface area contributed by atoms with E-state index in [2.05, 4.69) is 9.97 Å². The van der Waals surface area contributed by atoms with Gasteiger partial charge in [0.25, 0.3) is 0 Å². The van der Waals surface area contributed by atoms with Gasteiger partial charge < -0.3 is 0 Å². The lowest BCUT2D eigenvalue weighted by atomic mass is 10.0. The average Bonchev–Trinajstić information content (AvgIpc) is 3.18. The van der Waals surface area contributed by atoms with Crippen LogP contribution in [-0.4, -0.2) is 46.7 Å². The molecule has 1 saturated heterocycles. The number of nitrogens with zero attached hydrogens (tertiary/aromatic N) is 3. The average molecular weight is 558 g/mol. The highest BCUT2D eigenvalue weighted by molar-refractivity contribution is 7.89. The van der Waals surface area contributed by atoms with E-state index in [0.29, 0.717) is 0 Å². The molecular weight excluding hydrogens is 536 g/mol. The molecule has 1 aliphatic rings. The van der Waals surface area contributed by atoms with Crippen molar-refractivity contribution in [1.29, 1.82) is 0 Å². The molecule has 0 aliphatic carbocycles. The van der Waals surface area contributed by atoms with Crippen molar-refractivity contribution < 1.29 is 39.6 Å². The lowest BCUT2D eigenvalue weighted by Gasteiger charge is -2.26. The summed E-state index contributed by atoms with van der Waals surface area (Å²) in [5.74, 6) is -2.09. The van der Waals surface area contributed by atoms with Crippen LogP contribution in [0, 0.1) is 11.6 Å². The number of rotatable bonds is 7. The molecule has 2 aromatic heterocycles. The quantitative estimate of drug-likeness (QED) is 0.377. The summed E-state index contributed by atoms with van der Waals surface area (Å²) >= 11 is 0. The molecule has 3 atom stereocenters. The Morgan fingerprint density at radius 2 is 1.74 bits per heavy atom. The van der Waals surface area contributed by atoms with Crippen molar-refractivity contribution in [3.8, 4) is 11.3 Å². The molecule has 3 heterocycles. The van der Waals surface area contributed by atoms with Crippen LogP contribution in [-0.2, 0) is 27.4 Å². The van der Waals surface area contributed by atoms with E-state index in [9.17, 15) is 39.6 Å². The number of benzene rings is 1. The van der Waals surface area contributed by atoms with E-state index in [1.54, 1.807) is 0 Å². The SMILES string of the molecule is C[C@H]1[C@H](F)C[C@@H](C(=O)CCc2cc(-c3ccc(C(F)(F)F)nc3)ncc2F)N1S(=O)(=O)c1ccc(F)cc1. The molecule has 0 unspecified atom stereocenters. The predicted octanol–water partition coefficient (Wildman–Crippen LogP) is 5.13. The topological polar surface area (TPSA) is 80.2 Å². The molecule has 0 N–H and O–H groups in total. The van der Waals surface area contributed by atoms with Crippen LogP contribution in [0.3, 0.4) is 0 Å². The maximum absolute atomic E-state index is 14.6. The number of pyridine rings is 2. The number of alkyl halides is 4. The van der Waals surface area contributed by atoms with Crippen molar-refractivity contribution in [2.45, 2.75) is 55.5 Å². The molecule has 1 aliphatic heterocycles. The van der Waals surface area contributed by atoms with E-state index < -0.39 is 57.6 Å². The van der Waals surface area contributed by atoms with Crippen LogP contribution in [0.2, 0.25) is 0 Å². The van der Waals surface area contributed by atoms with Gasteiger partial charge in [-0.05, 0) is 61.4 Å². The summed E-state index contributed by atoms with van der Waals surface area (Å²) in [6.07, 6.45) is -5.39. The zero-order valence-corrected chi connectivity index (χ0v) is 20.6. The molecule has 0 radical (unpaired) electrons. The number of aromatic nitrogens is 2. The fraction of sp³-hybridized carbons (Fsp3) is 0.320. The number of aryl methyl sites for hydroxylation is 1. The number of ketones is 1. The molecule has 0 spiro atoms. The van der Waals surface area contributed by atoms with E-state index in [1.165, 1.54) is 13.0 Å². The van der Waals surface area contributed by atoms with E-state index in [1.807, 2.05) is 0 Å². The maximum atomic E-state index is 14.6. The van der Waals surface area contributed by atoms with Gasteiger partial charge in [-0.25, -0.2) is 21.6 Å². The minimum absolute atomic E-state index is 0.0130. The lowest BCUT2D eigenvalue weighted by Crippen LogP contribution is -2.44. The lowest BCUT2D eigenvalue weighted by molar-refractivity contribution is -0.141. The van der Waals surface area contributed by atoms with Gasteiger partial charge in [-0.15, -0.1) is 0 Å². The molecule has 0 bridgehead atoms. The summed E-state index contributed by atoms with van der Waals surface area (Å²) in [5.41, 5.74) is -0.786. The summed E-state index contributed by atoms with van der Waals surface area (Å²) in [6, 6.07) is 4.56. The number of halogens is 6. The third kappa shape index (κ3) is 5.58. The zero-order valence-electron chi connectivity index (χ0n) is 19.8. The first kappa shape index (κ1) is 27.7. The van der Waals surface area contributed by atoms with Crippen LogP contribution in [0.15, 0.2) is 59.8 Å². The molecule has 202 valence electrons. The van der Waals surface area contributed by atoms with Crippen LogP contribution in [0.4, 0.5) is 26.3 Å². The third-order valence-corrected chi connectivity index (χ3v) is 8.38. The summed E-state index contributed by atoms with van der Waals surface area (Å²) in [4.78, 5) is 20.0. The first-order valence-corrected chi connectivity index (χ1v) is 12.9. The van der Waals surface area contributed by atoms with Crippen molar-refractivity contribution in [2.24, 2.45) is 0 Å². The second-order valence-corrected chi connectivity index (χ2v) is 10.7. The zero-order chi connectivity index (χ0) is 27.8. The van der Waals surface area contributed by atoms with Crippen LogP contribution >= 0.6 is 0 Å². The standard InChI is InChI=1S/C25H21F6N3O3S/c1-14-19(27)11-22(34(14)38(36,37)18-6-4-17(26)5-7-18)23(35)8-2-15-10-21(32-13-20(15)28)16-3-9-24(33-12-16)25(29,30)31/h3-7,9-10,12-14,19,22H,2,8,11H2,1H3/t14-,19+,22-/m0/s1. The summed E-state index contributed by atoms with van der Waals surface area (Å²) in [7, 11) is -4.34. The molecule has 4 rings (SSSR count). The fourth-order valence-electron chi connectivity index (χ4n) is 4.31. The molecular formula is C25H21F6N3O3S. The van der Waals surface area contributed by atoms with E-state index in [4.69, 9.17) is 0 Å². The summed E-state index contributed by atoms with van der Waals surface area (Å²) < 4.78 is 108. The Kier molecular flexibility index (Phi) is 7.62. The monoisotopic (exact) mass is 557 g/mol. The van der Waals surface area contributed by atoms with Crippen LogP contribution in [0.25, 0.3) is 11.3 Å². The smallest absolute Gasteiger partial charge is 0.298 e. The molecule has 0 amide bonds. The third-order valence-electron chi connectivity index (χ3n) is 6.37. The molecule has 1 aromatic carbocycles. The van der Waals surface area contributed by atoms with Gasteiger partial charge in [0.2, 0.25) is 10.0 Å². The molecule has 1 fully saturated rings. The predicted molar refractivity (Wildman–Crippen MR) is 124 cm³/mol. The van der Waals surface area contributed by atoms with Crippen molar-refractivity contribution in [2.75, 3.05) is 0 Å². The minimum Gasteiger partial charge on any atom is -0.298 e. The van der Waals surface area contributed by atoms with Crippen molar-refractivity contribution >= 4 is 15.8 Å². The van der Waals surface area contributed by atoms with E-state index >= 15 is 0 Å². The number of sulfonamides is 1. The molecule has 13 heteroatoms. The number of carbonyl (C=O) groups is 1. The number of hydrogen-bond donors (Lipinski definition) is 0. The Hall–Kier alpha value is -3.32. The van der Waals surface area contributed by atoms with Gasteiger partial charge in [0.15, 0.2) is 5.78 Å². The molecule has 0 saturated carbocycles. The summed E-state index contributed by atoms with van der Waals surface area (Å²) in [6.45, 7) is 1.33. The first-order chi connectivity index (χ1) is 17.8. The van der Waals surface area contributed by atoms with Gasteiger partial charge in [0.1, 0.15) is 23.5 Å². The fourth-order valence-corrected chi connectivity index (χ4v) is 6.14. The normalized spacial score (nSPS) is 20.6. The van der Waals surface area contributed by atoms with Gasteiger partial charge in [0, 0.05) is 24.6 Å². The van der Waals surface area contributed by atoms with Gasteiger partial charge in [0.05, 0.1) is 28.9 Å². The molecule has 38 heavy (non-hydrogen) atoms. The van der Waals surface area contributed by atoms with Gasteiger partial charge in [-0.3, -0.25) is 14.8 Å². The molecule has 3 aromatic rings. The minimum atomic E-state index is -4.63. The Bertz CT molecular complexity index is 1430. The second-order valence-electron chi connectivity index (χ2n) is 8.85. The second kappa shape index (κ2) is 10.4. The Morgan fingerprint density at radius 1 is 1.05 bits per heavy atom. The number of Topliss-reactive ketones (excluding diaryl/α,β-unsaturated/α-hetero) is 1. The van der Waals surface area contributed by atoms with Gasteiger partial charge in [-0.2, -0.15) is 17.5 Å². The highest BCUT2D eigenvalue weighted by Gasteiger charge is 2.48. The Labute approximate surface area is 214 Å². The van der Waals surface area contributed by atoms with E-state index in [-0.39, 0.29) is 41.0 Å². The first-order valence-electron chi connectivity index (χ1n) is 11.4. The number of hydrogen-bond acceptors (Lipinski definition) is 5. The van der Waals surface area contributed by atoms with Crippen LogP contribution in [0.1, 0.15) is 31.0 Å². The highest BCUT2D eigenvalue weighted by atomic mass is 32.2. The van der Waals surface area contributed by atoms with Crippen molar-refractivity contribution in [3.63, 3.8) is 0 Å². The van der Waals surface area contributed by atoms with Gasteiger partial charge in [-0.1, -0.05) is 0 Å². The number of carbonyl (C=O) groups excluding carboxylic acids is 1. The Balaban J connectivity index is 1.53. The maximum Gasteiger partial charge on any atom is 0.433 e. The van der Waals surface area contributed by atoms with E-state index in [0.717, 1.165) is 53.1 Å². The van der Waals surface area contributed by atoms with Crippen LogP contribution < -0.4 is 0 Å².